The molecular formula is C6H8N5NaO5S2. The Labute approximate surface area is 134 Å². The first kappa shape index (κ1) is 18.2. The molecule has 0 unspecified atom stereocenters. The molecule has 0 saturated carbocycles. The number of nitrogens with zero attached hydrogens (tertiary/aromatic N) is 3. The van der Waals surface area contributed by atoms with E-state index < -0.39 is 19.5 Å². The van der Waals surface area contributed by atoms with Gasteiger partial charge in [0.25, 0.3) is 5.96 Å². The minimum atomic E-state index is -4.57. The van der Waals surface area contributed by atoms with Crippen molar-refractivity contribution in [2.45, 2.75) is 10.9 Å². The van der Waals surface area contributed by atoms with Gasteiger partial charge in [0.1, 0.15) is 5.10 Å². The van der Waals surface area contributed by atoms with Crippen LogP contribution < -0.4 is 40.2 Å². The Kier molecular flexibility index (Phi) is 7.39. The van der Waals surface area contributed by atoms with Crippen LogP contribution in [0, 0.1) is 10.1 Å². The number of hydrogen-bond donors (Lipinski definition) is 2. The van der Waals surface area contributed by atoms with Crippen LogP contribution in [0.2, 0.25) is 0 Å². The van der Waals surface area contributed by atoms with Crippen LogP contribution in [0.4, 0.5) is 0 Å². The molecule has 0 aliphatic carbocycles. The molecule has 0 aromatic carbocycles. The summed E-state index contributed by atoms with van der Waals surface area (Å²) >= 11 is 0.684. The molecule has 0 aliphatic heterocycles. The van der Waals surface area contributed by atoms with E-state index in [-0.39, 0.29) is 42.1 Å². The molecule has 0 bridgehead atoms. The van der Waals surface area contributed by atoms with E-state index in [0.29, 0.717) is 16.2 Å². The molecule has 1 aromatic heterocycles. The SMILES string of the molecule is CNC(=N[N+](=O)[O-])NCc1cnc(S(=O)(=O)[O-])s1.[Na+]. The second kappa shape index (κ2) is 7.72. The van der Waals surface area contributed by atoms with Gasteiger partial charge in [0.05, 0.1) is 6.54 Å². The van der Waals surface area contributed by atoms with Gasteiger partial charge < -0.3 is 15.2 Å². The van der Waals surface area contributed by atoms with Crippen molar-refractivity contribution >= 4 is 27.4 Å². The molecule has 1 rings (SSSR count). The van der Waals surface area contributed by atoms with Gasteiger partial charge in [-0.2, -0.15) is 0 Å². The topological polar surface area (TPSA) is 150 Å². The predicted octanol–water partition coefficient (Wildman–Crippen LogP) is -4.09. The van der Waals surface area contributed by atoms with Crippen LogP contribution in [0.15, 0.2) is 15.6 Å². The normalized spacial score (nSPS) is 11.6. The molecule has 0 amide bonds. The van der Waals surface area contributed by atoms with Crippen molar-refractivity contribution < 1.29 is 47.6 Å². The maximum absolute atomic E-state index is 10.6. The number of hydrogen-bond acceptors (Lipinski definition) is 7. The average Bonchev–Trinajstić information content (AvgIpc) is 2.71. The molecule has 0 radical (unpaired) electrons. The number of hydrazone groups is 1. The number of guanidine groups is 1. The maximum Gasteiger partial charge on any atom is 1.00 e. The van der Waals surface area contributed by atoms with Gasteiger partial charge in [0, 0.05) is 18.1 Å². The first-order valence-corrected chi connectivity index (χ1v) is 6.60. The molecule has 19 heavy (non-hydrogen) atoms. The predicted molar refractivity (Wildman–Crippen MR) is 60.4 cm³/mol. The van der Waals surface area contributed by atoms with E-state index in [9.17, 15) is 23.1 Å². The first-order chi connectivity index (χ1) is 8.32. The second-order valence-electron chi connectivity index (χ2n) is 2.84. The summed E-state index contributed by atoms with van der Waals surface area (Å²) in [7, 11) is -3.14. The standard InChI is InChI=1S/C6H9N5O5S2.Na/c1-7-5(10-11(12)13)8-2-4-3-9-6(17-4)18(14,15)16;/h3H,2H2,1H3,(H2,7,8,10)(H,14,15,16);/q;+1/p-1. The summed E-state index contributed by atoms with van der Waals surface area (Å²) in [5.41, 5.74) is 0. The van der Waals surface area contributed by atoms with E-state index in [0.717, 1.165) is 0 Å². The Hall–Kier alpha value is -0.790. The minimum absolute atomic E-state index is 0. The number of thiazole rings is 1. The number of nitro groups is 1. The summed E-state index contributed by atoms with van der Waals surface area (Å²) < 4.78 is 31.4. The van der Waals surface area contributed by atoms with Gasteiger partial charge in [-0.25, -0.2) is 23.5 Å². The van der Waals surface area contributed by atoms with Gasteiger partial charge in [-0.1, -0.05) is 0 Å². The van der Waals surface area contributed by atoms with E-state index >= 15 is 0 Å². The van der Waals surface area contributed by atoms with Crippen molar-refractivity contribution in [2.75, 3.05) is 7.05 Å². The van der Waals surface area contributed by atoms with Crippen LogP contribution in [0.1, 0.15) is 4.88 Å². The fraction of sp³-hybridized carbons (Fsp3) is 0.333. The van der Waals surface area contributed by atoms with Gasteiger partial charge in [0.15, 0.2) is 19.5 Å². The molecule has 13 heteroatoms. The van der Waals surface area contributed by atoms with Crippen LogP contribution in [0.25, 0.3) is 0 Å². The summed E-state index contributed by atoms with van der Waals surface area (Å²) in [6.07, 6.45) is 1.20. The van der Waals surface area contributed by atoms with E-state index in [4.69, 9.17) is 0 Å². The molecular weight excluding hydrogens is 309 g/mol. The van der Waals surface area contributed by atoms with Crippen LogP contribution in [-0.2, 0) is 16.7 Å². The number of nitrogens with one attached hydrogen (secondary N) is 2. The van der Waals surface area contributed by atoms with E-state index in [2.05, 4.69) is 20.7 Å². The van der Waals surface area contributed by atoms with Crippen LogP contribution in [0.5, 0.6) is 0 Å². The van der Waals surface area contributed by atoms with Crippen LogP contribution in [-0.4, -0.2) is 36.0 Å². The summed E-state index contributed by atoms with van der Waals surface area (Å²) in [5.74, 6) is -0.0973. The molecule has 1 heterocycles. The van der Waals surface area contributed by atoms with Crippen molar-refractivity contribution in [1.29, 1.82) is 0 Å². The van der Waals surface area contributed by atoms with E-state index in [1.807, 2.05) is 0 Å². The van der Waals surface area contributed by atoms with E-state index in [1.165, 1.54) is 13.2 Å². The fourth-order valence-corrected chi connectivity index (χ4v) is 2.40. The molecule has 100 valence electrons. The van der Waals surface area contributed by atoms with Crippen molar-refractivity contribution in [2.24, 2.45) is 5.10 Å². The Bertz CT molecular complexity index is 570. The third-order valence-corrected chi connectivity index (χ3v) is 3.78. The monoisotopic (exact) mass is 317 g/mol. The average molecular weight is 317 g/mol. The summed E-state index contributed by atoms with van der Waals surface area (Å²) in [5, 5.41) is 17.2. The largest absolute Gasteiger partial charge is 1.00 e. The van der Waals surface area contributed by atoms with Crippen LogP contribution >= 0.6 is 11.3 Å². The molecule has 10 nitrogen and oxygen atoms in total. The quantitative estimate of drug-likeness (QED) is 0.142. The zero-order chi connectivity index (χ0) is 13.8. The Morgan fingerprint density at radius 1 is 1.63 bits per heavy atom. The van der Waals surface area contributed by atoms with Crippen LogP contribution in [0.3, 0.4) is 0 Å². The second-order valence-corrected chi connectivity index (χ2v) is 5.51. The summed E-state index contributed by atoms with van der Waals surface area (Å²) in [4.78, 5) is 14.0. The van der Waals surface area contributed by atoms with E-state index in [1.54, 1.807) is 0 Å². The molecule has 0 spiro atoms. The Morgan fingerprint density at radius 2 is 2.26 bits per heavy atom. The zero-order valence-electron chi connectivity index (χ0n) is 9.98. The van der Waals surface area contributed by atoms with Gasteiger partial charge in [-0.05, 0) is 0 Å². The Balaban J connectivity index is 0.00000324. The van der Waals surface area contributed by atoms with Gasteiger partial charge in [-0.3, -0.25) is 0 Å². The Morgan fingerprint density at radius 3 is 2.68 bits per heavy atom. The first-order valence-electron chi connectivity index (χ1n) is 4.38. The molecule has 0 atom stereocenters. The number of aromatic nitrogens is 1. The summed E-state index contributed by atoms with van der Waals surface area (Å²) in [6.45, 7) is 0.0563. The zero-order valence-corrected chi connectivity index (χ0v) is 13.6. The smallest absolute Gasteiger partial charge is 0.742 e. The molecule has 2 N–H and O–H groups in total. The summed E-state index contributed by atoms with van der Waals surface area (Å²) in [6, 6.07) is 0. The fourth-order valence-electron chi connectivity index (χ4n) is 0.913. The van der Waals surface area contributed by atoms with Crippen molar-refractivity contribution in [3.8, 4) is 0 Å². The third-order valence-electron chi connectivity index (χ3n) is 1.59. The van der Waals surface area contributed by atoms with Gasteiger partial charge in [-0.15, -0.1) is 11.3 Å². The van der Waals surface area contributed by atoms with Gasteiger partial charge in [0.2, 0.25) is 0 Å². The van der Waals surface area contributed by atoms with Crippen molar-refractivity contribution in [1.82, 2.24) is 15.6 Å². The molecule has 0 fully saturated rings. The van der Waals surface area contributed by atoms with Gasteiger partial charge >= 0.3 is 29.6 Å². The van der Waals surface area contributed by atoms with Crippen molar-refractivity contribution in [3.05, 3.63) is 21.2 Å². The molecule has 0 saturated heterocycles. The molecule has 1 aromatic rings. The maximum atomic E-state index is 10.6. The minimum Gasteiger partial charge on any atom is -0.742 e. The van der Waals surface area contributed by atoms with Crippen molar-refractivity contribution in [3.63, 3.8) is 0 Å². The molecule has 0 aliphatic rings. The number of rotatable bonds is 4. The third kappa shape index (κ3) is 6.26.